The van der Waals surface area contributed by atoms with Gasteiger partial charge in [-0.15, -0.1) is 5.10 Å². The number of nitrogens with zero attached hydrogens (tertiary/aromatic N) is 3. The molecule has 1 aliphatic rings. The number of hydrogen-bond acceptors (Lipinski definition) is 3. The molecule has 3 N–H and O–H groups in total. The number of nitrogen functional groups attached to an aromatic ring is 1. The SMILES string of the molecule is C[N+]1=CCC(CCNc2nn3ccccc3c2N)C=C1. The van der Waals surface area contributed by atoms with E-state index in [-0.39, 0.29) is 0 Å². The van der Waals surface area contributed by atoms with Crippen molar-refractivity contribution in [1.29, 1.82) is 0 Å². The Labute approximate surface area is 118 Å². The molecule has 0 aliphatic carbocycles. The molecule has 3 rings (SSSR count). The Morgan fingerprint density at radius 1 is 1.50 bits per heavy atom. The lowest BCUT2D eigenvalue weighted by Crippen LogP contribution is -2.14. The number of rotatable bonds is 4. The molecule has 5 heteroatoms. The average molecular weight is 270 g/mol. The largest absolute Gasteiger partial charge is 0.394 e. The van der Waals surface area contributed by atoms with Crippen molar-refractivity contribution >= 4 is 23.2 Å². The quantitative estimate of drug-likeness (QED) is 0.835. The second-order valence-electron chi connectivity index (χ2n) is 5.19. The minimum absolute atomic E-state index is 0.594. The van der Waals surface area contributed by atoms with Gasteiger partial charge in [-0.05, 0) is 30.5 Å². The molecular weight excluding hydrogens is 250 g/mol. The van der Waals surface area contributed by atoms with Gasteiger partial charge in [0.1, 0.15) is 18.9 Å². The second-order valence-corrected chi connectivity index (χ2v) is 5.19. The zero-order valence-electron chi connectivity index (χ0n) is 11.7. The van der Waals surface area contributed by atoms with Gasteiger partial charge in [-0.25, -0.2) is 9.09 Å². The van der Waals surface area contributed by atoms with Crippen molar-refractivity contribution in [2.45, 2.75) is 12.8 Å². The van der Waals surface area contributed by atoms with Gasteiger partial charge < -0.3 is 11.1 Å². The molecule has 0 aromatic carbocycles. The molecule has 3 heterocycles. The maximum absolute atomic E-state index is 6.10. The van der Waals surface area contributed by atoms with Crippen LogP contribution in [0.3, 0.4) is 0 Å². The summed E-state index contributed by atoms with van der Waals surface area (Å²) in [5.41, 5.74) is 7.77. The van der Waals surface area contributed by atoms with Crippen molar-refractivity contribution in [1.82, 2.24) is 9.61 Å². The third-order valence-corrected chi connectivity index (χ3v) is 3.68. The lowest BCUT2D eigenvalue weighted by Gasteiger charge is -2.11. The van der Waals surface area contributed by atoms with Gasteiger partial charge in [-0.3, -0.25) is 0 Å². The smallest absolute Gasteiger partial charge is 0.172 e. The van der Waals surface area contributed by atoms with Crippen LogP contribution in [0.4, 0.5) is 11.5 Å². The number of aromatic nitrogens is 2. The molecule has 0 radical (unpaired) electrons. The minimum Gasteiger partial charge on any atom is -0.394 e. The molecule has 0 saturated carbocycles. The first-order chi connectivity index (χ1) is 9.74. The van der Waals surface area contributed by atoms with Crippen LogP contribution in [-0.4, -0.2) is 34.0 Å². The minimum atomic E-state index is 0.594. The number of pyridine rings is 1. The zero-order chi connectivity index (χ0) is 13.9. The number of nitrogens with one attached hydrogen (secondary N) is 1. The van der Waals surface area contributed by atoms with Gasteiger partial charge in [0, 0.05) is 19.2 Å². The van der Waals surface area contributed by atoms with Crippen molar-refractivity contribution in [2.75, 3.05) is 24.6 Å². The van der Waals surface area contributed by atoms with E-state index in [0.717, 1.165) is 36.4 Å². The topological polar surface area (TPSA) is 58.4 Å². The van der Waals surface area contributed by atoms with E-state index in [0.29, 0.717) is 5.92 Å². The maximum Gasteiger partial charge on any atom is 0.172 e. The van der Waals surface area contributed by atoms with Gasteiger partial charge >= 0.3 is 0 Å². The lowest BCUT2D eigenvalue weighted by molar-refractivity contribution is -0.420. The molecule has 104 valence electrons. The Hall–Kier alpha value is -2.30. The van der Waals surface area contributed by atoms with Crippen molar-refractivity contribution in [3.8, 4) is 0 Å². The molecule has 2 aromatic rings. The fraction of sp³-hybridized carbons (Fsp3) is 0.333. The summed E-state index contributed by atoms with van der Waals surface area (Å²) in [5.74, 6) is 1.37. The Bertz CT molecular complexity index is 668. The highest BCUT2D eigenvalue weighted by molar-refractivity contribution is 5.80. The monoisotopic (exact) mass is 270 g/mol. The highest BCUT2D eigenvalue weighted by Crippen LogP contribution is 2.23. The zero-order valence-corrected chi connectivity index (χ0v) is 11.7. The van der Waals surface area contributed by atoms with Crippen LogP contribution in [-0.2, 0) is 0 Å². The van der Waals surface area contributed by atoms with Crippen molar-refractivity contribution in [3.63, 3.8) is 0 Å². The summed E-state index contributed by atoms with van der Waals surface area (Å²) < 4.78 is 3.91. The van der Waals surface area contributed by atoms with Crippen molar-refractivity contribution < 1.29 is 4.58 Å². The lowest BCUT2D eigenvalue weighted by atomic mass is 10.0. The molecule has 0 amide bonds. The van der Waals surface area contributed by atoms with Crippen LogP contribution in [0.15, 0.2) is 36.7 Å². The van der Waals surface area contributed by atoms with Gasteiger partial charge in [-0.2, -0.15) is 0 Å². The molecular formula is C15H20N5+. The van der Waals surface area contributed by atoms with E-state index in [1.807, 2.05) is 24.4 Å². The van der Waals surface area contributed by atoms with Gasteiger partial charge in [0.15, 0.2) is 12.0 Å². The summed E-state index contributed by atoms with van der Waals surface area (Å²) in [6, 6.07) is 5.89. The predicted molar refractivity (Wildman–Crippen MR) is 82.2 cm³/mol. The van der Waals surface area contributed by atoms with E-state index in [9.17, 15) is 0 Å². The molecule has 1 aliphatic heterocycles. The van der Waals surface area contributed by atoms with Gasteiger partial charge in [0.25, 0.3) is 0 Å². The first kappa shape index (κ1) is 12.7. The Morgan fingerprint density at radius 3 is 3.15 bits per heavy atom. The Morgan fingerprint density at radius 2 is 2.40 bits per heavy atom. The van der Waals surface area contributed by atoms with Gasteiger partial charge in [-0.1, -0.05) is 6.07 Å². The number of fused-ring (bicyclic) bond motifs is 1. The van der Waals surface area contributed by atoms with Crippen molar-refractivity contribution in [3.05, 3.63) is 36.7 Å². The van der Waals surface area contributed by atoms with Crippen LogP contribution in [0.2, 0.25) is 0 Å². The summed E-state index contributed by atoms with van der Waals surface area (Å²) in [5, 5.41) is 7.80. The summed E-state index contributed by atoms with van der Waals surface area (Å²) >= 11 is 0. The van der Waals surface area contributed by atoms with Crippen LogP contribution in [0.25, 0.3) is 5.52 Å². The molecule has 0 fully saturated rings. The third-order valence-electron chi connectivity index (χ3n) is 3.68. The van der Waals surface area contributed by atoms with E-state index in [1.165, 1.54) is 0 Å². The summed E-state index contributed by atoms with van der Waals surface area (Å²) in [4.78, 5) is 0. The fourth-order valence-electron chi connectivity index (χ4n) is 2.44. The molecule has 1 unspecified atom stereocenters. The second kappa shape index (κ2) is 5.36. The predicted octanol–water partition coefficient (Wildman–Crippen LogP) is 1.97. The van der Waals surface area contributed by atoms with Crippen LogP contribution in [0.5, 0.6) is 0 Å². The maximum atomic E-state index is 6.10. The molecule has 1 atom stereocenters. The summed E-state index contributed by atoms with van der Waals surface area (Å²) in [6.07, 6.45) is 10.7. The standard InChI is InChI=1S/C15H20N5/c1-19-10-6-12(7-11-19)5-8-17-15-14(16)13-4-2-3-9-20(13)18-15/h2-4,6,9-12H,5,7-8,16H2,1H3,(H,17,18)/q+1. The highest BCUT2D eigenvalue weighted by Gasteiger charge is 2.12. The fourth-order valence-corrected chi connectivity index (χ4v) is 2.44. The van der Waals surface area contributed by atoms with E-state index in [1.54, 1.807) is 4.52 Å². The Balaban J connectivity index is 1.60. The van der Waals surface area contributed by atoms with Crippen molar-refractivity contribution in [2.24, 2.45) is 5.92 Å². The molecule has 20 heavy (non-hydrogen) atoms. The highest BCUT2D eigenvalue weighted by atomic mass is 15.3. The van der Waals surface area contributed by atoms with Crippen LogP contribution in [0.1, 0.15) is 12.8 Å². The van der Waals surface area contributed by atoms with E-state index >= 15 is 0 Å². The van der Waals surface area contributed by atoms with E-state index in [4.69, 9.17) is 5.73 Å². The van der Waals surface area contributed by atoms with E-state index < -0.39 is 0 Å². The summed E-state index contributed by atoms with van der Waals surface area (Å²) in [6.45, 7) is 0.876. The Kier molecular flexibility index (Phi) is 3.41. The number of anilines is 2. The average Bonchev–Trinajstić information content (AvgIpc) is 2.78. The van der Waals surface area contributed by atoms with Crippen LogP contribution < -0.4 is 11.1 Å². The first-order valence-electron chi connectivity index (χ1n) is 6.94. The van der Waals surface area contributed by atoms with Gasteiger partial charge in [0.05, 0.1) is 5.52 Å². The number of allylic oxidation sites excluding steroid dienone is 1. The van der Waals surface area contributed by atoms with Crippen LogP contribution in [0, 0.1) is 5.92 Å². The molecule has 0 spiro atoms. The third kappa shape index (κ3) is 2.52. The molecule has 0 bridgehead atoms. The number of hydrogen-bond donors (Lipinski definition) is 2. The molecule has 5 nitrogen and oxygen atoms in total. The van der Waals surface area contributed by atoms with Crippen LogP contribution >= 0.6 is 0 Å². The van der Waals surface area contributed by atoms with Gasteiger partial charge in [0.2, 0.25) is 0 Å². The van der Waals surface area contributed by atoms with E-state index in [2.05, 4.69) is 40.5 Å². The first-order valence-corrected chi connectivity index (χ1v) is 6.94. The normalized spacial score (nSPS) is 18.2. The molecule has 2 aromatic heterocycles. The molecule has 0 saturated heterocycles. The number of nitrogens with two attached hydrogens (primary N) is 1. The summed E-state index contributed by atoms with van der Waals surface area (Å²) in [7, 11) is 2.06.